The largest absolute Gasteiger partial charge is 0.493 e. The maximum absolute atomic E-state index is 6.20. The van der Waals surface area contributed by atoms with Crippen LogP contribution in [0.25, 0.3) is 0 Å². The van der Waals surface area contributed by atoms with E-state index < -0.39 is 0 Å². The molecular formula is C19H18N4O4. The summed E-state index contributed by atoms with van der Waals surface area (Å²) in [5.74, 6) is 3.13. The van der Waals surface area contributed by atoms with Gasteiger partial charge in [0, 0.05) is 11.8 Å². The molecule has 1 aliphatic rings. The summed E-state index contributed by atoms with van der Waals surface area (Å²) in [5, 5.41) is 3.15. The molecule has 0 spiro atoms. The Morgan fingerprint density at radius 2 is 1.78 bits per heavy atom. The van der Waals surface area contributed by atoms with Gasteiger partial charge in [-0.25, -0.2) is 4.98 Å². The lowest BCUT2D eigenvalue weighted by Gasteiger charge is -2.19. The highest BCUT2D eigenvalue weighted by atomic mass is 16.6. The van der Waals surface area contributed by atoms with Gasteiger partial charge < -0.3 is 30.0 Å². The molecule has 1 aliphatic heterocycles. The summed E-state index contributed by atoms with van der Waals surface area (Å²) in [4.78, 5) is 8.32. The van der Waals surface area contributed by atoms with Crippen LogP contribution in [0.2, 0.25) is 0 Å². The normalized spacial score (nSPS) is 12.3. The summed E-state index contributed by atoms with van der Waals surface area (Å²) in [6.07, 6.45) is 1.38. The number of nitrogen functional groups attached to an aromatic ring is 1. The van der Waals surface area contributed by atoms with Gasteiger partial charge in [-0.05, 0) is 24.3 Å². The average molecular weight is 366 g/mol. The van der Waals surface area contributed by atoms with E-state index in [1.807, 2.05) is 30.3 Å². The second kappa shape index (κ2) is 7.28. The Labute approximate surface area is 155 Å². The molecule has 0 saturated carbocycles. The van der Waals surface area contributed by atoms with Gasteiger partial charge in [-0.15, -0.1) is 0 Å². The van der Waals surface area contributed by atoms with Gasteiger partial charge in [-0.1, -0.05) is 12.1 Å². The number of aromatic nitrogens is 2. The minimum absolute atomic E-state index is 0.231. The predicted octanol–water partition coefficient (Wildman–Crippen LogP) is 3.37. The average Bonchev–Trinajstić information content (AvgIpc) is 2.71. The van der Waals surface area contributed by atoms with Gasteiger partial charge in [0.2, 0.25) is 5.88 Å². The Kier molecular flexibility index (Phi) is 4.52. The van der Waals surface area contributed by atoms with Crippen LogP contribution in [0.3, 0.4) is 0 Å². The quantitative estimate of drug-likeness (QED) is 0.709. The molecule has 0 fully saturated rings. The molecule has 2 aromatic carbocycles. The first kappa shape index (κ1) is 16.8. The minimum Gasteiger partial charge on any atom is -0.493 e. The van der Waals surface area contributed by atoms with Crippen LogP contribution >= 0.6 is 0 Å². The van der Waals surface area contributed by atoms with E-state index in [-0.39, 0.29) is 11.6 Å². The van der Waals surface area contributed by atoms with Gasteiger partial charge in [-0.3, -0.25) is 0 Å². The minimum atomic E-state index is 0.231. The SMILES string of the molecule is COc1ccccc1Oc1ncnc(Nc2ccc3c(c2)OCCO3)c1N. The van der Waals surface area contributed by atoms with Crippen molar-refractivity contribution in [3.05, 3.63) is 48.8 Å². The maximum Gasteiger partial charge on any atom is 0.248 e. The third kappa shape index (κ3) is 3.50. The molecule has 1 aromatic heterocycles. The highest BCUT2D eigenvalue weighted by molar-refractivity contribution is 5.73. The van der Waals surface area contributed by atoms with E-state index in [1.54, 1.807) is 19.2 Å². The van der Waals surface area contributed by atoms with Crippen molar-refractivity contribution >= 4 is 17.2 Å². The van der Waals surface area contributed by atoms with E-state index in [0.717, 1.165) is 5.69 Å². The number of hydrogen-bond acceptors (Lipinski definition) is 8. The monoisotopic (exact) mass is 366 g/mol. The number of anilines is 3. The molecule has 0 radical (unpaired) electrons. The van der Waals surface area contributed by atoms with Crippen molar-refractivity contribution in [1.82, 2.24) is 9.97 Å². The van der Waals surface area contributed by atoms with Gasteiger partial charge >= 0.3 is 0 Å². The van der Waals surface area contributed by atoms with Crippen molar-refractivity contribution in [2.75, 3.05) is 31.4 Å². The number of methoxy groups -OCH3 is 1. The topological polar surface area (TPSA) is 101 Å². The number of fused-ring (bicyclic) bond motifs is 1. The van der Waals surface area contributed by atoms with Crippen LogP contribution in [-0.2, 0) is 0 Å². The molecule has 27 heavy (non-hydrogen) atoms. The fraction of sp³-hybridized carbons (Fsp3) is 0.158. The zero-order valence-electron chi connectivity index (χ0n) is 14.6. The number of nitrogens with zero attached hydrogens (tertiary/aromatic N) is 2. The zero-order chi connectivity index (χ0) is 18.6. The lowest BCUT2D eigenvalue weighted by Crippen LogP contribution is -2.15. The first-order chi connectivity index (χ1) is 13.2. The van der Waals surface area contributed by atoms with E-state index in [0.29, 0.717) is 42.0 Å². The van der Waals surface area contributed by atoms with Crippen LogP contribution in [0.15, 0.2) is 48.8 Å². The van der Waals surface area contributed by atoms with Crippen LogP contribution in [-0.4, -0.2) is 30.3 Å². The molecule has 0 bridgehead atoms. The molecule has 2 heterocycles. The Hall–Kier alpha value is -3.68. The fourth-order valence-corrected chi connectivity index (χ4v) is 2.63. The molecule has 0 aliphatic carbocycles. The molecule has 0 unspecified atom stereocenters. The van der Waals surface area contributed by atoms with Gasteiger partial charge in [0.05, 0.1) is 7.11 Å². The predicted molar refractivity (Wildman–Crippen MR) is 100 cm³/mol. The summed E-state index contributed by atoms with van der Waals surface area (Å²) in [5.41, 5.74) is 7.23. The molecule has 8 heteroatoms. The summed E-state index contributed by atoms with van der Waals surface area (Å²) in [6, 6.07) is 12.8. The molecule has 8 nitrogen and oxygen atoms in total. The smallest absolute Gasteiger partial charge is 0.248 e. The molecule has 0 amide bonds. The second-order valence-electron chi connectivity index (χ2n) is 5.68. The van der Waals surface area contributed by atoms with Crippen molar-refractivity contribution in [2.24, 2.45) is 0 Å². The van der Waals surface area contributed by atoms with E-state index in [4.69, 9.17) is 24.7 Å². The Morgan fingerprint density at radius 3 is 2.59 bits per heavy atom. The lowest BCUT2D eigenvalue weighted by molar-refractivity contribution is 0.171. The number of rotatable bonds is 5. The summed E-state index contributed by atoms with van der Waals surface area (Å²) < 4.78 is 22.2. The van der Waals surface area contributed by atoms with Gasteiger partial charge in [0.25, 0.3) is 0 Å². The number of hydrogen-bond donors (Lipinski definition) is 2. The third-order valence-electron chi connectivity index (χ3n) is 3.93. The summed E-state index contributed by atoms with van der Waals surface area (Å²) >= 11 is 0. The fourth-order valence-electron chi connectivity index (χ4n) is 2.63. The van der Waals surface area contributed by atoms with Crippen molar-refractivity contribution in [3.8, 4) is 28.9 Å². The molecule has 138 valence electrons. The van der Waals surface area contributed by atoms with Crippen LogP contribution in [0.1, 0.15) is 0 Å². The third-order valence-corrected chi connectivity index (χ3v) is 3.93. The van der Waals surface area contributed by atoms with Crippen molar-refractivity contribution in [1.29, 1.82) is 0 Å². The van der Waals surface area contributed by atoms with E-state index in [2.05, 4.69) is 15.3 Å². The summed E-state index contributed by atoms with van der Waals surface area (Å²) in [7, 11) is 1.57. The second-order valence-corrected chi connectivity index (χ2v) is 5.68. The Bertz CT molecular complexity index is 964. The molecule has 0 saturated heterocycles. The van der Waals surface area contributed by atoms with Crippen LogP contribution in [0.4, 0.5) is 17.2 Å². The number of ether oxygens (including phenoxy) is 4. The molecule has 3 N–H and O–H groups in total. The van der Waals surface area contributed by atoms with Crippen molar-refractivity contribution in [2.45, 2.75) is 0 Å². The summed E-state index contributed by atoms with van der Waals surface area (Å²) in [6.45, 7) is 1.06. The number of para-hydroxylation sites is 2. The standard InChI is InChI=1S/C19H18N4O4/c1-24-13-4-2-3-5-15(13)27-19-17(20)18(21-11-22-19)23-12-6-7-14-16(10-12)26-9-8-25-14/h2-7,10-11H,8-9,20H2,1H3,(H,21,22,23). The van der Waals surface area contributed by atoms with E-state index in [1.165, 1.54) is 6.33 Å². The highest BCUT2D eigenvalue weighted by Gasteiger charge is 2.15. The van der Waals surface area contributed by atoms with Crippen molar-refractivity contribution in [3.63, 3.8) is 0 Å². The maximum atomic E-state index is 6.20. The Morgan fingerprint density at radius 1 is 1.00 bits per heavy atom. The van der Waals surface area contributed by atoms with E-state index in [9.17, 15) is 0 Å². The first-order valence-electron chi connectivity index (χ1n) is 8.32. The van der Waals surface area contributed by atoms with Crippen molar-refractivity contribution < 1.29 is 18.9 Å². The zero-order valence-corrected chi connectivity index (χ0v) is 14.6. The molecule has 4 rings (SSSR count). The van der Waals surface area contributed by atoms with Crippen LogP contribution in [0, 0.1) is 0 Å². The van der Waals surface area contributed by atoms with Crippen LogP contribution < -0.4 is 30.0 Å². The molecule has 3 aromatic rings. The highest BCUT2D eigenvalue weighted by Crippen LogP contribution is 2.37. The van der Waals surface area contributed by atoms with E-state index >= 15 is 0 Å². The lowest BCUT2D eigenvalue weighted by atomic mass is 10.2. The number of benzene rings is 2. The van der Waals surface area contributed by atoms with Gasteiger partial charge in [-0.2, -0.15) is 4.98 Å². The Balaban J connectivity index is 1.59. The number of nitrogens with two attached hydrogens (primary N) is 1. The van der Waals surface area contributed by atoms with Gasteiger partial charge in [0.15, 0.2) is 28.8 Å². The molecular weight excluding hydrogens is 348 g/mol. The van der Waals surface area contributed by atoms with Gasteiger partial charge in [0.1, 0.15) is 25.2 Å². The number of nitrogens with one attached hydrogen (secondary N) is 1. The first-order valence-corrected chi connectivity index (χ1v) is 8.32. The van der Waals surface area contributed by atoms with Crippen LogP contribution in [0.5, 0.6) is 28.9 Å². The molecule has 0 atom stereocenters.